The first kappa shape index (κ1) is 46.0. The third-order valence-corrected chi connectivity index (χ3v) is 10.6. The van der Waals surface area contributed by atoms with E-state index in [1.54, 1.807) is 0 Å². The van der Waals surface area contributed by atoms with Gasteiger partial charge in [0.15, 0.2) is 31.5 Å². The van der Waals surface area contributed by atoms with Crippen molar-refractivity contribution in [3.05, 3.63) is 0 Å². The van der Waals surface area contributed by atoms with Crippen LogP contribution in [0.5, 0.6) is 0 Å². The van der Waals surface area contributed by atoms with Crippen molar-refractivity contribution < 1.29 is 114 Å². The molecule has 26 heteroatoms. The van der Waals surface area contributed by atoms with Gasteiger partial charge in [-0.1, -0.05) is 0 Å². The van der Waals surface area contributed by atoms with Crippen molar-refractivity contribution in [1.29, 1.82) is 0 Å². The number of rotatable bonds is 13. The minimum Gasteiger partial charge on any atom is -0.394 e. The van der Waals surface area contributed by atoms with Crippen LogP contribution in [0, 0.1) is 0 Å². The van der Waals surface area contributed by atoms with E-state index in [-0.39, 0.29) is 0 Å². The fourth-order valence-corrected chi connectivity index (χ4v) is 7.16. The van der Waals surface area contributed by atoms with Gasteiger partial charge in [-0.15, -0.1) is 0 Å². The fraction of sp³-hybridized carbons (Fsp3) is 1.00. The van der Waals surface area contributed by atoms with Crippen molar-refractivity contribution in [3.63, 3.8) is 0 Å². The molecule has 0 aliphatic carbocycles. The van der Waals surface area contributed by atoms with E-state index in [0.29, 0.717) is 0 Å². The molecule has 0 aromatic heterocycles. The summed E-state index contributed by atoms with van der Waals surface area (Å²) in [6.07, 6.45) is -37.3. The van der Waals surface area contributed by atoms with Crippen LogP contribution in [0.25, 0.3) is 0 Å². The highest BCUT2D eigenvalue weighted by molar-refractivity contribution is 5.00. The van der Waals surface area contributed by atoms with Crippen LogP contribution in [-0.2, 0) is 42.6 Å². The van der Waals surface area contributed by atoms with Gasteiger partial charge < -0.3 is 131 Å². The standard InChI is InChI=1S/C30H55N3O23/c31-11-18(43)22(9(4-37)48-26(11)47)53-29-20(45)19(44)23(10(5-38)52-29)54-30-21(46)25(16(41)8(3-36)51-30)56-28-13(33)24(15(40)7(2-35)50-28)55-27-12(32)17(42)14(39)6(1-34)49-27/h6-30,34-47H,1-5,31-33H2/t6-,7-,8-,9-,10-,11-,12-,13-,14+,15+,16+,17-,18-,19-,20-,21-,22-,23+,24-,25+,26-,27-,28+,29+,30-/m1/s1. The topological polar surface area (TPSA) is 444 Å². The van der Waals surface area contributed by atoms with Gasteiger partial charge in [0.1, 0.15) is 104 Å². The van der Waals surface area contributed by atoms with Gasteiger partial charge in [0.2, 0.25) is 0 Å². The maximum atomic E-state index is 11.4. The Labute approximate surface area is 317 Å². The first-order valence-corrected chi connectivity index (χ1v) is 17.9. The van der Waals surface area contributed by atoms with E-state index in [1.165, 1.54) is 0 Å². The molecule has 5 saturated heterocycles. The van der Waals surface area contributed by atoms with Crippen LogP contribution in [0.15, 0.2) is 0 Å². The molecule has 0 amide bonds. The third kappa shape index (κ3) is 9.16. The van der Waals surface area contributed by atoms with Crippen molar-refractivity contribution in [2.45, 2.75) is 153 Å². The highest BCUT2D eigenvalue weighted by Crippen LogP contribution is 2.35. The van der Waals surface area contributed by atoms with Gasteiger partial charge in [-0.05, 0) is 0 Å². The second-order valence-corrected chi connectivity index (χ2v) is 14.2. The Balaban J connectivity index is 1.30. The highest BCUT2D eigenvalue weighted by atomic mass is 16.8. The second kappa shape index (κ2) is 19.6. The van der Waals surface area contributed by atoms with E-state index < -0.39 is 186 Å². The minimum absolute atomic E-state index is 0.755. The summed E-state index contributed by atoms with van der Waals surface area (Å²) in [5.74, 6) is 0. The molecule has 0 saturated carbocycles. The number of hydrogen-bond donors (Lipinski definition) is 17. The number of nitrogens with two attached hydrogens (primary N) is 3. The molecular weight excluding hydrogens is 770 g/mol. The Morgan fingerprint density at radius 1 is 0.321 bits per heavy atom. The molecule has 25 atom stereocenters. The smallest absolute Gasteiger partial charge is 0.187 e. The van der Waals surface area contributed by atoms with Crippen molar-refractivity contribution in [1.82, 2.24) is 0 Å². The van der Waals surface area contributed by atoms with E-state index in [2.05, 4.69) is 0 Å². The molecule has 0 aromatic rings. The van der Waals surface area contributed by atoms with Crippen molar-refractivity contribution in [2.24, 2.45) is 17.2 Å². The van der Waals surface area contributed by atoms with Crippen molar-refractivity contribution in [2.75, 3.05) is 33.0 Å². The molecule has 26 nitrogen and oxygen atoms in total. The summed E-state index contributed by atoms with van der Waals surface area (Å²) in [6.45, 7) is -4.22. The molecule has 5 heterocycles. The second-order valence-electron chi connectivity index (χ2n) is 14.2. The lowest BCUT2D eigenvalue weighted by Crippen LogP contribution is -2.70. The summed E-state index contributed by atoms with van der Waals surface area (Å²) in [4.78, 5) is 0. The lowest BCUT2D eigenvalue weighted by atomic mass is 9.94. The lowest BCUT2D eigenvalue weighted by molar-refractivity contribution is -0.384. The summed E-state index contributed by atoms with van der Waals surface area (Å²) >= 11 is 0. The normalized spacial score (nSPS) is 53.2. The summed E-state index contributed by atoms with van der Waals surface area (Å²) in [5, 5.41) is 146. The Morgan fingerprint density at radius 3 is 1.27 bits per heavy atom. The van der Waals surface area contributed by atoms with Crippen molar-refractivity contribution in [3.8, 4) is 0 Å². The predicted octanol–water partition coefficient (Wildman–Crippen LogP) is -12.0. The lowest BCUT2D eigenvalue weighted by Gasteiger charge is -2.50. The summed E-state index contributed by atoms with van der Waals surface area (Å²) in [7, 11) is 0. The monoisotopic (exact) mass is 825 g/mol. The van der Waals surface area contributed by atoms with Crippen LogP contribution in [0.2, 0.25) is 0 Å². The number of hydrogen-bond acceptors (Lipinski definition) is 26. The number of aliphatic hydroxyl groups is 14. The molecule has 0 radical (unpaired) electrons. The maximum Gasteiger partial charge on any atom is 0.187 e. The molecule has 5 aliphatic rings. The Hall–Kier alpha value is -1.04. The molecule has 0 bridgehead atoms. The molecule has 5 rings (SSSR count). The summed E-state index contributed by atoms with van der Waals surface area (Å²) in [5.41, 5.74) is 18.0. The minimum atomic E-state index is -2.05. The van der Waals surface area contributed by atoms with Crippen LogP contribution in [0.1, 0.15) is 0 Å². The molecule has 56 heavy (non-hydrogen) atoms. The van der Waals surface area contributed by atoms with Gasteiger partial charge in [-0.3, -0.25) is 0 Å². The van der Waals surface area contributed by atoms with E-state index in [0.717, 1.165) is 0 Å². The zero-order chi connectivity index (χ0) is 41.3. The molecule has 20 N–H and O–H groups in total. The first-order valence-electron chi connectivity index (χ1n) is 17.9. The van der Waals surface area contributed by atoms with Gasteiger partial charge in [0, 0.05) is 0 Å². The average molecular weight is 826 g/mol. The fourth-order valence-electron chi connectivity index (χ4n) is 7.16. The van der Waals surface area contributed by atoms with E-state index >= 15 is 0 Å². The molecule has 328 valence electrons. The van der Waals surface area contributed by atoms with Gasteiger partial charge in [-0.2, -0.15) is 0 Å². The van der Waals surface area contributed by atoms with Gasteiger partial charge >= 0.3 is 0 Å². The largest absolute Gasteiger partial charge is 0.394 e. The molecule has 0 spiro atoms. The van der Waals surface area contributed by atoms with Gasteiger partial charge in [-0.25, -0.2) is 0 Å². The number of ether oxygens (including phenoxy) is 9. The van der Waals surface area contributed by atoms with Gasteiger partial charge in [0.25, 0.3) is 0 Å². The highest BCUT2D eigenvalue weighted by Gasteiger charge is 2.56. The van der Waals surface area contributed by atoms with E-state index in [4.69, 9.17) is 59.8 Å². The molecular formula is C30H55N3O23. The van der Waals surface area contributed by atoms with Crippen LogP contribution >= 0.6 is 0 Å². The SMILES string of the molecule is N[C@@H]1[C@@H](O)[C@H](O[C@@H]2O[C@H](CO)[C@H](O[C@H]3O[C@H](CO)[C@H](O)[C@H](O[C@@H]4O[C@H](CO)[C@H](O)[C@H](O[C@H]5O[C@H](CO)[C@H](O)[C@H](O)[C@H]5N)[C@H]4N)[C@H]3O)[C@H](O)[C@H]2O)[C@@H](CO)O[C@H]1O. The van der Waals surface area contributed by atoms with Gasteiger partial charge in [0.05, 0.1) is 51.2 Å². The van der Waals surface area contributed by atoms with Crippen LogP contribution < -0.4 is 17.2 Å². The first-order chi connectivity index (χ1) is 26.5. The van der Waals surface area contributed by atoms with E-state index in [1.807, 2.05) is 0 Å². The van der Waals surface area contributed by atoms with Crippen molar-refractivity contribution >= 4 is 0 Å². The predicted molar refractivity (Wildman–Crippen MR) is 172 cm³/mol. The Kier molecular flexibility index (Phi) is 16.1. The van der Waals surface area contributed by atoms with E-state index in [9.17, 15) is 71.5 Å². The van der Waals surface area contributed by atoms with Crippen LogP contribution in [-0.4, -0.2) is 258 Å². The molecule has 5 aliphatic heterocycles. The molecule has 0 aromatic carbocycles. The Bertz CT molecular complexity index is 1220. The summed E-state index contributed by atoms with van der Waals surface area (Å²) < 4.78 is 50.3. The summed E-state index contributed by atoms with van der Waals surface area (Å²) in [6, 6.07) is -4.39. The number of aliphatic hydroxyl groups excluding tert-OH is 14. The van der Waals surface area contributed by atoms with Crippen LogP contribution in [0.3, 0.4) is 0 Å². The zero-order valence-corrected chi connectivity index (χ0v) is 29.6. The van der Waals surface area contributed by atoms with Crippen LogP contribution in [0.4, 0.5) is 0 Å². The quantitative estimate of drug-likeness (QED) is 0.0819. The average Bonchev–Trinajstić information content (AvgIpc) is 3.19. The maximum absolute atomic E-state index is 11.4. The molecule has 0 unspecified atom stereocenters. The molecule has 5 fully saturated rings. The zero-order valence-electron chi connectivity index (χ0n) is 29.6. The third-order valence-electron chi connectivity index (χ3n) is 10.6. The Morgan fingerprint density at radius 2 is 0.714 bits per heavy atom.